The highest BCUT2D eigenvalue weighted by molar-refractivity contribution is 5.78. The van der Waals surface area contributed by atoms with Gasteiger partial charge in [-0.05, 0) is 30.2 Å². The molecule has 0 atom stereocenters. The van der Waals surface area contributed by atoms with E-state index in [1.54, 1.807) is 6.07 Å². The number of hydrogen-bond acceptors (Lipinski definition) is 2. The molecule has 1 aromatic rings. The van der Waals surface area contributed by atoms with Crippen molar-refractivity contribution in [1.82, 2.24) is 0 Å². The van der Waals surface area contributed by atoms with Gasteiger partial charge in [0.1, 0.15) is 0 Å². The second-order valence-electron chi connectivity index (χ2n) is 2.05. The van der Waals surface area contributed by atoms with Gasteiger partial charge in [-0.25, -0.2) is 0 Å². The van der Waals surface area contributed by atoms with Crippen molar-refractivity contribution in [1.29, 1.82) is 0 Å². The van der Waals surface area contributed by atoms with Gasteiger partial charge in [0.2, 0.25) is 0 Å². The van der Waals surface area contributed by atoms with Gasteiger partial charge < -0.3 is 5.21 Å². The molecule has 0 unspecified atom stereocenters. The van der Waals surface area contributed by atoms with Crippen LogP contribution in [0, 0.1) is 13.0 Å². The van der Waals surface area contributed by atoms with E-state index in [1.165, 1.54) is 6.21 Å². The van der Waals surface area contributed by atoms with Crippen LogP contribution in [0.5, 0.6) is 0 Å². The van der Waals surface area contributed by atoms with Crippen LogP contribution in [0.1, 0.15) is 11.1 Å². The topological polar surface area (TPSA) is 32.6 Å². The first-order chi connectivity index (χ1) is 4.83. The van der Waals surface area contributed by atoms with Gasteiger partial charge in [-0.3, -0.25) is 0 Å². The maximum Gasteiger partial charge on any atom is 0.0734 e. The zero-order valence-corrected chi connectivity index (χ0v) is 5.70. The summed E-state index contributed by atoms with van der Waals surface area (Å²) < 4.78 is 0. The highest BCUT2D eigenvalue weighted by atomic mass is 16.4. The lowest BCUT2D eigenvalue weighted by molar-refractivity contribution is 0.322. The first-order valence-corrected chi connectivity index (χ1v) is 2.98. The summed E-state index contributed by atoms with van der Waals surface area (Å²) in [6.45, 7) is 1.96. The van der Waals surface area contributed by atoms with Gasteiger partial charge in [-0.1, -0.05) is 17.3 Å². The van der Waals surface area contributed by atoms with Crippen molar-refractivity contribution in [3.8, 4) is 0 Å². The lowest BCUT2D eigenvalue weighted by Crippen LogP contribution is -1.80. The average molecular weight is 134 g/mol. The molecule has 1 radical (unpaired) electrons. The molecule has 0 saturated carbocycles. The number of oxime groups is 1. The standard InChI is InChI=1S/C8H8NO/c1-7-2-4-8(5-3-7)6-9-10/h2,4-6,10H,1H3. The average Bonchev–Trinajstić information content (AvgIpc) is 1.95. The van der Waals surface area contributed by atoms with Gasteiger partial charge >= 0.3 is 0 Å². The van der Waals surface area contributed by atoms with E-state index in [1.807, 2.05) is 19.1 Å². The first-order valence-electron chi connectivity index (χ1n) is 2.98. The molecule has 2 nitrogen and oxygen atoms in total. The van der Waals surface area contributed by atoms with Crippen LogP contribution in [0.2, 0.25) is 0 Å². The fourth-order valence-electron chi connectivity index (χ4n) is 0.662. The summed E-state index contributed by atoms with van der Waals surface area (Å²) in [5.41, 5.74) is 1.93. The molecule has 10 heavy (non-hydrogen) atoms. The third-order valence-electron chi connectivity index (χ3n) is 1.20. The summed E-state index contributed by atoms with van der Waals surface area (Å²) in [7, 11) is 0. The summed E-state index contributed by atoms with van der Waals surface area (Å²) in [4.78, 5) is 0. The second-order valence-corrected chi connectivity index (χ2v) is 2.05. The van der Waals surface area contributed by atoms with E-state index in [4.69, 9.17) is 5.21 Å². The zero-order chi connectivity index (χ0) is 7.40. The minimum Gasteiger partial charge on any atom is -0.411 e. The summed E-state index contributed by atoms with van der Waals surface area (Å²) in [5.74, 6) is 0. The minimum absolute atomic E-state index is 0.855. The molecule has 51 valence electrons. The summed E-state index contributed by atoms with van der Waals surface area (Å²) in [6, 6.07) is 8.54. The van der Waals surface area contributed by atoms with Crippen molar-refractivity contribution in [3.63, 3.8) is 0 Å². The Balaban J connectivity index is 2.89. The minimum atomic E-state index is 0.855. The van der Waals surface area contributed by atoms with Gasteiger partial charge in [0.15, 0.2) is 0 Å². The van der Waals surface area contributed by atoms with E-state index >= 15 is 0 Å². The molecule has 0 saturated heterocycles. The predicted molar refractivity (Wildman–Crippen MR) is 39.4 cm³/mol. The number of hydrogen-bond donors (Lipinski definition) is 1. The van der Waals surface area contributed by atoms with Crippen LogP contribution in [0.3, 0.4) is 0 Å². The van der Waals surface area contributed by atoms with Crippen molar-refractivity contribution in [2.75, 3.05) is 0 Å². The normalized spacial score (nSPS) is 10.5. The molecule has 1 aromatic carbocycles. The van der Waals surface area contributed by atoms with E-state index in [2.05, 4.69) is 11.2 Å². The molecule has 0 aliphatic heterocycles. The molecule has 2 heteroatoms. The molecular weight excluding hydrogens is 126 g/mol. The molecule has 0 fully saturated rings. The van der Waals surface area contributed by atoms with Crippen LogP contribution in [0.15, 0.2) is 23.4 Å². The second kappa shape index (κ2) is 3.01. The van der Waals surface area contributed by atoms with Crippen LogP contribution >= 0.6 is 0 Å². The summed E-state index contributed by atoms with van der Waals surface area (Å²) in [6.07, 6.45) is 1.37. The Morgan fingerprint density at radius 3 is 2.90 bits per heavy atom. The molecule has 0 aromatic heterocycles. The molecule has 1 rings (SSSR count). The maximum absolute atomic E-state index is 8.14. The van der Waals surface area contributed by atoms with Crippen LogP contribution < -0.4 is 0 Å². The maximum atomic E-state index is 8.14. The summed E-state index contributed by atoms with van der Waals surface area (Å²) >= 11 is 0. The first kappa shape index (κ1) is 6.81. The highest BCUT2D eigenvalue weighted by Gasteiger charge is 1.85. The van der Waals surface area contributed by atoms with Crippen LogP contribution in [-0.2, 0) is 0 Å². The number of rotatable bonds is 1. The third-order valence-corrected chi connectivity index (χ3v) is 1.20. The van der Waals surface area contributed by atoms with Gasteiger partial charge in [0, 0.05) is 0 Å². The van der Waals surface area contributed by atoms with Crippen molar-refractivity contribution in [3.05, 3.63) is 35.4 Å². The number of nitrogens with zero attached hydrogens (tertiary/aromatic N) is 1. The Bertz CT molecular complexity index is 226. The molecular formula is C8H8NO. The molecule has 0 amide bonds. The fraction of sp³-hybridized carbons (Fsp3) is 0.125. The molecule has 1 N–H and O–H groups in total. The van der Waals surface area contributed by atoms with E-state index in [0.717, 1.165) is 11.1 Å². The van der Waals surface area contributed by atoms with E-state index in [9.17, 15) is 0 Å². The van der Waals surface area contributed by atoms with Crippen molar-refractivity contribution >= 4 is 6.21 Å². The zero-order valence-electron chi connectivity index (χ0n) is 5.70. The Kier molecular flexibility index (Phi) is 2.05. The van der Waals surface area contributed by atoms with Crippen LogP contribution in [0.4, 0.5) is 0 Å². The third kappa shape index (κ3) is 1.58. The smallest absolute Gasteiger partial charge is 0.0734 e. The Morgan fingerprint density at radius 1 is 1.60 bits per heavy atom. The predicted octanol–water partition coefficient (Wildman–Crippen LogP) is 1.60. The summed E-state index contributed by atoms with van der Waals surface area (Å²) in [5, 5.41) is 11.0. The van der Waals surface area contributed by atoms with Crippen molar-refractivity contribution in [2.24, 2.45) is 5.16 Å². The Labute approximate surface area is 59.8 Å². The van der Waals surface area contributed by atoms with Crippen molar-refractivity contribution < 1.29 is 5.21 Å². The van der Waals surface area contributed by atoms with E-state index in [0.29, 0.717) is 0 Å². The van der Waals surface area contributed by atoms with Crippen LogP contribution in [-0.4, -0.2) is 11.4 Å². The van der Waals surface area contributed by atoms with Crippen LogP contribution in [0.25, 0.3) is 0 Å². The highest BCUT2D eigenvalue weighted by Crippen LogP contribution is 1.98. The largest absolute Gasteiger partial charge is 0.411 e. The molecule has 0 spiro atoms. The molecule has 0 bridgehead atoms. The Hall–Kier alpha value is -1.31. The molecule has 0 heterocycles. The lowest BCUT2D eigenvalue weighted by atomic mass is 10.2. The lowest BCUT2D eigenvalue weighted by Gasteiger charge is -1.90. The number of benzene rings is 1. The Morgan fingerprint density at radius 2 is 2.40 bits per heavy atom. The van der Waals surface area contributed by atoms with Gasteiger partial charge in [-0.15, -0.1) is 0 Å². The molecule has 0 aliphatic carbocycles. The monoisotopic (exact) mass is 134 g/mol. The fourth-order valence-corrected chi connectivity index (χ4v) is 0.662. The molecule has 0 aliphatic rings. The van der Waals surface area contributed by atoms with E-state index in [-0.39, 0.29) is 0 Å². The van der Waals surface area contributed by atoms with Gasteiger partial charge in [-0.2, -0.15) is 0 Å². The number of aryl methyl sites for hydroxylation is 1. The van der Waals surface area contributed by atoms with Crippen molar-refractivity contribution in [2.45, 2.75) is 6.92 Å². The van der Waals surface area contributed by atoms with Gasteiger partial charge in [0.05, 0.1) is 6.21 Å². The van der Waals surface area contributed by atoms with Gasteiger partial charge in [0.25, 0.3) is 0 Å². The SMILES string of the molecule is Cc1[c]cc(C=NO)cc1. The quantitative estimate of drug-likeness (QED) is 0.353. The van der Waals surface area contributed by atoms with E-state index < -0.39 is 0 Å².